The van der Waals surface area contributed by atoms with Crippen LogP contribution >= 0.6 is 0 Å². The minimum Gasteiger partial charge on any atom is -0.497 e. The maximum Gasteiger partial charge on any atom is 0.223 e. The minimum absolute atomic E-state index is 0.172. The van der Waals surface area contributed by atoms with Crippen molar-refractivity contribution in [3.63, 3.8) is 0 Å². The molecular weight excluding hydrogens is 324 g/mol. The highest BCUT2D eigenvalue weighted by Gasteiger charge is 2.26. The van der Waals surface area contributed by atoms with E-state index in [-0.39, 0.29) is 17.9 Å². The maximum atomic E-state index is 12.6. The number of rotatable bonds is 9. The molecule has 1 atom stereocenters. The third-order valence-corrected chi connectivity index (χ3v) is 5.78. The number of benzene rings is 1. The van der Waals surface area contributed by atoms with E-state index < -0.39 is 0 Å². The molecule has 0 heterocycles. The molecule has 1 aliphatic carbocycles. The van der Waals surface area contributed by atoms with E-state index >= 15 is 0 Å². The predicted molar refractivity (Wildman–Crippen MR) is 107 cm³/mol. The Labute approximate surface area is 159 Å². The Morgan fingerprint density at radius 1 is 1.19 bits per heavy atom. The monoisotopic (exact) mass is 360 g/mol. The Bertz CT molecular complexity index is 534. The van der Waals surface area contributed by atoms with E-state index in [2.05, 4.69) is 43.4 Å². The molecule has 1 unspecified atom stereocenters. The van der Waals surface area contributed by atoms with E-state index in [0.717, 1.165) is 24.5 Å². The van der Waals surface area contributed by atoms with Crippen LogP contribution in [0.25, 0.3) is 0 Å². The van der Waals surface area contributed by atoms with Crippen LogP contribution in [0.3, 0.4) is 0 Å². The van der Waals surface area contributed by atoms with E-state index in [1.165, 1.54) is 37.7 Å². The summed E-state index contributed by atoms with van der Waals surface area (Å²) in [5.74, 6) is 2.13. The Morgan fingerprint density at radius 3 is 2.38 bits per heavy atom. The first-order valence-corrected chi connectivity index (χ1v) is 10.1. The van der Waals surface area contributed by atoms with Crippen LogP contribution in [-0.2, 0) is 4.79 Å². The van der Waals surface area contributed by atoms with Crippen molar-refractivity contribution in [2.45, 2.75) is 57.9 Å². The van der Waals surface area contributed by atoms with E-state index in [1.54, 1.807) is 7.11 Å². The predicted octanol–water partition coefficient (Wildman–Crippen LogP) is 4.41. The largest absolute Gasteiger partial charge is 0.497 e. The fourth-order valence-corrected chi connectivity index (χ4v) is 3.97. The molecule has 1 aliphatic rings. The smallest absolute Gasteiger partial charge is 0.223 e. The van der Waals surface area contributed by atoms with Crippen molar-refractivity contribution in [2.24, 2.45) is 11.8 Å². The van der Waals surface area contributed by atoms with Crippen molar-refractivity contribution in [1.29, 1.82) is 0 Å². The third-order valence-electron chi connectivity index (χ3n) is 5.78. The van der Waals surface area contributed by atoms with Crippen molar-refractivity contribution in [1.82, 2.24) is 10.2 Å². The van der Waals surface area contributed by atoms with Gasteiger partial charge in [0.2, 0.25) is 5.91 Å². The van der Waals surface area contributed by atoms with Gasteiger partial charge in [-0.3, -0.25) is 4.79 Å². The van der Waals surface area contributed by atoms with Gasteiger partial charge in [-0.25, -0.2) is 0 Å². The fourth-order valence-electron chi connectivity index (χ4n) is 3.97. The van der Waals surface area contributed by atoms with Gasteiger partial charge >= 0.3 is 0 Å². The van der Waals surface area contributed by atoms with Gasteiger partial charge in [-0.15, -0.1) is 0 Å². The van der Waals surface area contributed by atoms with Gasteiger partial charge in [0.1, 0.15) is 5.75 Å². The van der Waals surface area contributed by atoms with Crippen molar-refractivity contribution in [3.8, 4) is 5.75 Å². The Balaban J connectivity index is 1.83. The molecule has 1 amide bonds. The number of unbranched alkanes of at least 4 members (excludes halogenated alkanes) is 1. The number of ether oxygens (including phenoxy) is 1. The lowest BCUT2D eigenvalue weighted by Gasteiger charge is -2.29. The summed E-state index contributed by atoms with van der Waals surface area (Å²) < 4.78 is 5.24. The number of nitrogens with zero attached hydrogens (tertiary/aromatic N) is 1. The van der Waals surface area contributed by atoms with Crippen molar-refractivity contribution in [3.05, 3.63) is 29.8 Å². The van der Waals surface area contributed by atoms with Gasteiger partial charge in [0.15, 0.2) is 0 Å². The zero-order chi connectivity index (χ0) is 18.9. The molecule has 2 rings (SSSR count). The molecule has 0 radical (unpaired) electrons. The summed E-state index contributed by atoms with van der Waals surface area (Å²) in [6, 6.07) is 8.28. The molecule has 1 aromatic carbocycles. The highest BCUT2D eigenvalue weighted by atomic mass is 16.5. The summed E-state index contributed by atoms with van der Waals surface area (Å²) in [7, 11) is 5.79. The van der Waals surface area contributed by atoms with Crippen LogP contribution in [0.15, 0.2) is 24.3 Å². The van der Waals surface area contributed by atoms with Crippen LogP contribution in [-0.4, -0.2) is 38.6 Å². The number of carbonyl (C=O) groups excluding carboxylic acids is 1. The molecule has 146 valence electrons. The number of nitrogens with one attached hydrogen (secondary N) is 1. The summed E-state index contributed by atoms with van der Waals surface area (Å²) in [5.41, 5.74) is 1.19. The van der Waals surface area contributed by atoms with Gasteiger partial charge in [0.05, 0.1) is 13.2 Å². The second-order valence-electron chi connectivity index (χ2n) is 7.86. The normalized spacial score (nSPS) is 21.4. The van der Waals surface area contributed by atoms with Gasteiger partial charge < -0.3 is 15.0 Å². The minimum atomic E-state index is 0.172. The summed E-state index contributed by atoms with van der Waals surface area (Å²) in [4.78, 5) is 14.8. The molecule has 26 heavy (non-hydrogen) atoms. The first-order valence-electron chi connectivity index (χ1n) is 10.1. The zero-order valence-electron chi connectivity index (χ0n) is 17.0. The number of methoxy groups -OCH3 is 1. The van der Waals surface area contributed by atoms with Crippen LogP contribution in [0, 0.1) is 11.8 Å². The van der Waals surface area contributed by atoms with E-state index in [9.17, 15) is 4.79 Å². The Hall–Kier alpha value is -1.55. The van der Waals surface area contributed by atoms with Gasteiger partial charge in [0, 0.05) is 12.5 Å². The molecular formula is C22H36N2O2. The summed E-state index contributed by atoms with van der Waals surface area (Å²) in [5, 5.41) is 3.21. The van der Waals surface area contributed by atoms with Crippen LogP contribution in [0.2, 0.25) is 0 Å². The number of hydrogen-bond acceptors (Lipinski definition) is 3. The molecule has 4 heteroatoms. The lowest BCUT2D eigenvalue weighted by molar-refractivity contribution is -0.126. The van der Waals surface area contributed by atoms with Crippen LogP contribution in [0.5, 0.6) is 5.75 Å². The molecule has 1 N–H and O–H groups in total. The van der Waals surface area contributed by atoms with E-state index in [0.29, 0.717) is 6.54 Å². The lowest BCUT2D eigenvalue weighted by atomic mass is 9.79. The van der Waals surface area contributed by atoms with Crippen LogP contribution in [0.4, 0.5) is 0 Å². The number of hydrogen-bond donors (Lipinski definition) is 1. The topological polar surface area (TPSA) is 41.6 Å². The second kappa shape index (κ2) is 10.6. The number of likely N-dealkylation sites (N-methyl/N-ethyl adjacent to an activating group) is 1. The summed E-state index contributed by atoms with van der Waals surface area (Å²) >= 11 is 0. The zero-order valence-corrected chi connectivity index (χ0v) is 17.0. The lowest BCUT2D eigenvalue weighted by Crippen LogP contribution is -2.38. The molecule has 0 aromatic heterocycles. The first kappa shape index (κ1) is 20.8. The molecule has 4 nitrogen and oxygen atoms in total. The number of carbonyl (C=O) groups is 1. The van der Waals surface area contributed by atoms with Gasteiger partial charge in [0.25, 0.3) is 0 Å². The number of amides is 1. The maximum absolute atomic E-state index is 12.6. The highest BCUT2D eigenvalue weighted by Crippen LogP contribution is 2.32. The van der Waals surface area contributed by atoms with Crippen molar-refractivity contribution < 1.29 is 9.53 Å². The fraction of sp³-hybridized carbons (Fsp3) is 0.682. The summed E-state index contributed by atoms with van der Waals surface area (Å²) in [6.07, 6.45) is 8.47. The molecule has 1 fully saturated rings. The SMILES string of the molecule is CCCCC1CCC(C(=O)NCC(c2ccc(OC)cc2)N(C)C)CC1. The average Bonchev–Trinajstić information content (AvgIpc) is 2.67. The third kappa shape index (κ3) is 6.01. The molecule has 0 bridgehead atoms. The van der Waals surface area contributed by atoms with E-state index in [4.69, 9.17) is 4.74 Å². The van der Waals surface area contributed by atoms with E-state index in [1.807, 2.05) is 12.1 Å². The van der Waals surface area contributed by atoms with Crippen LogP contribution < -0.4 is 10.1 Å². The summed E-state index contributed by atoms with van der Waals surface area (Å²) in [6.45, 7) is 2.90. The molecule has 1 aromatic rings. The van der Waals surface area contributed by atoms with Gasteiger partial charge in [-0.1, -0.05) is 38.3 Å². The molecule has 1 saturated carbocycles. The van der Waals surface area contributed by atoms with Crippen molar-refractivity contribution >= 4 is 5.91 Å². The molecule has 0 spiro atoms. The van der Waals surface area contributed by atoms with Crippen LogP contribution in [0.1, 0.15) is 63.5 Å². The standard InChI is InChI=1S/C22H36N2O2/c1-5-6-7-17-8-10-19(11-9-17)22(25)23-16-21(24(2)3)18-12-14-20(26-4)15-13-18/h12-15,17,19,21H,5-11,16H2,1-4H3,(H,23,25). The highest BCUT2D eigenvalue weighted by molar-refractivity contribution is 5.78. The first-order chi connectivity index (χ1) is 12.5. The molecule has 0 saturated heterocycles. The second-order valence-corrected chi connectivity index (χ2v) is 7.86. The van der Waals surface area contributed by atoms with Crippen molar-refractivity contribution in [2.75, 3.05) is 27.7 Å². The average molecular weight is 361 g/mol. The Morgan fingerprint density at radius 2 is 1.85 bits per heavy atom. The Kier molecular flexibility index (Phi) is 8.43. The van der Waals surface area contributed by atoms with Gasteiger partial charge in [-0.05, 0) is 63.4 Å². The van der Waals surface area contributed by atoms with Gasteiger partial charge in [-0.2, -0.15) is 0 Å². The molecule has 0 aliphatic heterocycles. The quantitative estimate of drug-likeness (QED) is 0.709.